The summed E-state index contributed by atoms with van der Waals surface area (Å²) in [5.41, 5.74) is 16.9. The van der Waals surface area contributed by atoms with Gasteiger partial charge in [-0.15, -0.1) is 0 Å². The number of nitrogens with zero attached hydrogens (tertiary/aromatic N) is 9. The maximum Gasteiger partial charge on any atom is 0.188 e. The summed E-state index contributed by atoms with van der Waals surface area (Å²) < 4.78 is 2.28. The lowest BCUT2D eigenvalue weighted by Crippen LogP contribution is -2.00. The zero-order chi connectivity index (χ0) is 62.9. The molecule has 0 N–H and O–H groups in total. The van der Waals surface area contributed by atoms with E-state index in [0.717, 1.165) is 138 Å². The number of pyridine rings is 4. The molecule has 440 valence electrons. The van der Waals surface area contributed by atoms with Crippen molar-refractivity contribution in [2.24, 2.45) is 0 Å². The summed E-state index contributed by atoms with van der Waals surface area (Å²) >= 11 is 0. The summed E-state index contributed by atoms with van der Waals surface area (Å²) in [5, 5.41) is 16.1. The van der Waals surface area contributed by atoms with Gasteiger partial charge in [0.1, 0.15) is 0 Å². The minimum Gasteiger partial charge on any atom is -0.309 e. The Bertz CT molecular complexity index is 6270. The summed E-state index contributed by atoms with van der Waals surface area (Å²) in [6.07, 6.45) is 3.82. The molecular formula is C86H51N9. The van der Waals surface area contributed by atoms with Gasteiger partial charge in [-0.2, -0.15) is 0 Å². The Hall–Kier alpha value is -13.2. The number of benzene rings is 13. The number of fused-ring (bicyclic) bond motifs is 17. The number of hydrogen-bond acceptors (Lipinski definition) is 7. The van der Waals surface area contributed by atoms with Gasteiger partial charge < -0.3 is 4.57 Å². The SMILES string of the molecule is [C-]#[N+]c1ccc2c(c1)c1cc(-c3ccc(-c4nc5ccccc5c5c4ccc4ccc6ncccc6c45)cc3)ccc1n2-c1ccccc1.c1ccc(-c2nc(-c3ccccc3)nc(-c3ccc(-c4nc5ccccc5c5c4ccc4ncc6ccccc6c45)cc3)n2)cc1. The number of para-hydroxylation sites is 3. The standard InChI is InChI=1S/C45H26N4.C41H25N5/c1-46-32-20-24-42-38(27-32)37-26-31(19-23-41(37)49(42)33-8-3-2-4-9-33)28-13-15-30(16-14-28)45-36-21-17-29-18-22-39-34(11-7-25-47-39)43(29)44(36)35-10-5-6-12-40(35)48-45;1-3-11-27(12-4-1)39-44-40(28-13-5-2-6-14-28)46-41(45-39)29-21-19-26(20-22-29)38-33-23-24-35-37(31-16-8-7-15-30(31)25-42-35)36(33)32-17-9-10-18-34(32)43-38/h2-27H;1-25H. The molecule has 0 atom stereocenters. The molecule has 19 aromatic rings. The van der Waals surface area contributed by atoms with Gasteiger partial charge in [-0.25, -0.2) is 29.8 Å². The predicted octanol–water partition coefficient (Wildman–Crippen LogP) is 22.0. The van der Waals surface area contributed by atoms with Crippen LogP contribution in [-0.4, -0.2) is 39.5 Å². The molecule has 13 aromatic carbocycles. The minimum absolute atomic E-state index is 0.624. The fourth-order valence-corrected chi connectivity index (χ4v) is 13.9. The maximum absolute atomic E-state index is 7.65. The molecule has 0 fully saturated rings. The first kappa shape index (κ1) is 54.7. The van der Waals surface area contributed by atoms with E-state index < -0.39 is 0 Å². The van der Waals surface area contributed by atoms with E-state index in [1.165, 1.54) is 26.9 Å². The van der Waals surface area contributed by atoms with Crippen LogP contribution in [0.4, 0.5) is 5.69 Å². The summed E-state index contributed by atoms with van der Waals surface area (Å²) in [6, 6.07) is 103. The highest BCUT2D eigenvalue weighted by Gasteiger charge is 2.20. The molecule has 0 amide bonds. The Morgan fingerprint density at radius 1 is 0.274 bits per heavy atom. The maximum atomic E-state index is 7.65. The van der Waals surface area contributed by atoms with Crippen LogP contribution in [0.15, 0.2) is 310 Å². The summed E-state index contributed by atoms with van der Waals surface area (Å²) in [4.78, 5) is 38.3. The third-order valence-corrected chi connectivity index (χ3v) is 18.3. The van der Waals surface area contributed by atoms with Crippen LogP contribution in [0.1, 0.15) is 0 Å². The van der Waals surface area contributed by atoms with Crippen LogP contribution >= 0.6 is 0 Å². The normalized spacial score (nSPS) is 11.6. The van der Waals surface area contributed by atoms with Crippen LogP contribution in [0.5, 0.6) is 0 Å². The lowest BCUT2D eigenvalue weighted by molar-refractivity contribution is 1.07. The predicted molar refractivity (Wildman–Crippen MR) is 391 cm³/mol. The molecule has 0 unspecified atom stereocenters. The van der Waals surface area contributed by atoms with E-state index in [1.54, 1.807) is 0 Å². The van der Waals surface area contributed by atoms with Gasteiger partial charge in [0, 0.05) is 99.8 Å². The highest BCUT2D eigenvalue weighted by molar-refractivity contribution is 6.30. The van der Waals surface area contributed by atoms with Crippen molar-refractivity contribution in [2.75, 3.05) is 0 Å². The molecular weight excluding hydrogens is 1160 g/mol. The lowest BCUT2D eigenvalue weighted by Gasteiger charge is -2.14. The molecule has 0 aliphatic rings. The Kier molecular flexibility index (Phi) is 13.1. The molecule has 0 aliphatic heterocycles. The van der Waals surface area contributed by atoms with Crippen LogP contribution in [-0.2, 0) is 0 Å². The van der Waals surface area contributed by atoms with E-state index in [0.29, 0.717) is 23.2 Å². The Morgan fingerprint density at radius 2 is 0.747 bits per heavy atom. The second kappa shape index (κ2) is 22.6. The van der Waals surface area contributed by atoms with Crippen molar-refractivity contribution in [3.05, 3.63) is 321 Å². The van der Waals surface area contributed by atoms with E-state index in [-0.39, 0.29) is 0 Å². The van der Waals surface area contributed by atoms with Crippen molar-refractivity contribution >= 4 is 114 Å². The first-order chi connectivity index (χ1) is 47.0. The molecule has 6 heterocycles. The van der Waals surface area contributed by atoms with Crippen molar-refractivity contribution in [2.45, 2.75) is 0 Å². The molecule has 0 saturated carbocycles. The molecule has 0 bridgehead atoms. The first-order valence-corrected chi connectivity index (χ1v) is 31.6. The van der Waals surface area contributed by atoms with Crippen LogP contribution in [0.2, 0.25) is 0 Å². The molecule has 0 radical (unpaired) electrons. The van der Waals surface area contributed by atoms with Crippen LogP contribution in [0.3, 0.4) is 0 Å². The number of hydrogen-bond donors (Lipinski definition) is 0. The van der Waals surface area contributed by atoms with Crippen molar-refractivity contribution in [3.63, 3.8) is 0 Å². The average molecular weight is 1210 g/mol. The number of rotatable bonds is 7. The lowest BCUT2D eigenvalue weighted by atomic mass is 9.92. The fraction of sp³-hybridized carbons (Fsp3) is 0. The Morgan fingerprint density at radius 3 is 1.39 bits per heavy atom. The van der Waals surface area contributed by atoms with E-state index in [2.05, 4.69) is 221 Å². The topological polar surface area (TPSA) is 99.5 Å². The molecule has 95 heavy (non-hydrogen) atoms. The van der Waals surface area contributed by atoms with Crippen LogP contribution in [0, 0.1) is 6.57 Å². The van der Waals surface area contributed by atoms with Gasteiger partial charge in [-0.05, 0) is 105 Å². The van der Waals surface area contributed by atoms with Gasteiger partial charge in [0.15, 0.2) is 23.2 Å². The van der Waals surface area contributed by atoms with E-state index in [4.69, 9.17) is 36.5 Å². The van der Waals surface area contributed by atoms with E-state index in [1.807, 2.05) is 103 Å². The van der Waals surface area contributed by atoms with Gasteiger partial charge in [0.2, 0.25) is 0 Å². The highest BCUT2D eigenvalue weighted by atomic mass is 15.0. The van der Waals surface area contributed by atoms with Gasteiger partial charge in [0.05, 0.1) is 51.1 Å². The first-order valence-electron chi connectivity index (χ1n) is 31.6. The summed E-state index contributed by atoms with van der Waals surface area (Å²) in [6.45, 7) is 7.65. The van der Waals surface area contributed by atoms with E-state index >= 15 is 0 Å². The van der Waals surface area contributed by atoms with Crippen molar-refractivity contribution in [3.8, 4) is 73.5 Å². The van der Waals surface area contributed by atoms with Crippen LogP contribution in [0.25, 0.3) is 187 Å². The molecule has 0 spiro atoms. The third kappa shape index (κ3) is 9.43. The van der Waals surface area contributed by atoms with Gasteiger partial charge in [0.25, 0.3) is 0 Å². The zero-order valence-electron chi connectivity index (χ0n) is 51.0. The smallest absolute Gasteiger partial charge is 0.188 e. The molecule has 0 aliphatic carbocycles. The second-order valence-corrected chi connectivity index (χ2v) is 23.8. The third-order valence-electron chi connectivity index (χ3n) is 18.3. The van der Waals surface area contributed by atoms with Crippen LogP contribution < -0.4 is 0 Å². The van der Waals surface area contributed by atoms with E-state index in [9.17, 15) is 0 Å². The minimum atomic E-state index is 0.624. The fourth-order valence-electron chi connectivity index (χ4n) is 13.9. The molecule has 19 rings (SSSR count). The molecule has 9 heteroatoms. The molecule has 6 aromatic heterocycles. The van der Waals surface area contributed by atoms with Gasteiger partial charge >= 0.3 is 0 Å². The van der Waals surface area contributed by atoms with Gasteiger partial charge in [-0.3, -0.25) is 9.97 Å². The zero-order valence-corrected chi connectivity index (χ0v) is 51.0. The summed E-state index contributed by atoms with van der Waals surface area (Å²) in [7, 11) is 0. The second-order valence-electron chi connectivity index (χ2n) is 23.8. The van der Waals surface area contributed by atoms with Gasteiger partial charge in [-0.1, -0.05) is 224 Å². The average Bonchev–Trinajstić information content (AvgIpc) is 1.32. The van der Waals surface area contributed by atoms with Crippen molar-refractivity contribution in [1.82, 2.24) is 39.5 Å². The van der Waals surface area contributed by atoms with Crippen molar-refractivity contribution in [1.29, 1.82) is 0 Å². The highest BCUT2D eigenvalue weighted by Crippen LogP contribution is 2.43. The monoisotopic (exact) mass is 1210 g/mol. The largest absolute Gasteiger partial charge is 0.309 e. The van der Waals surface area contributed by atoms with Crippen molar-refractivity contribution < 1.29 is 0 Å². The molecule has 9 nitrogen and oxygen atoms in total. The Balaban J connectivity index is 0.000000139. The number of aromatic nitrogens is 8. The quantitative estimate of drug-likeness (QED) is 0.116. The molecule has 0 saturated heterocycles. The summed E-state index contributed by atoms with van der Waals surface area (Å²) in [5.74, 6) is 1.91. The Labute approximate surface area is 545 Å².